The summed E-state index contributed by atoms with van der Waals surface area (Å²) in [5.74, 6) is -1.66. The van der Waals surface area contributed by atoms with Gasteiger partial charge in [-0.3, -0.25) is 9.52 Å². The summed E-state index contributed by atoms with van der Waals surface area (Å²) in [4.78, 5) is 24.2. The number of sulfonamides is 1. The van der Waals surface area contributed by atoms with Crippen molar-refractivity contribution < 1.29 is 27.1 Å². The van der Waals surface area contributed by atoms with E-state index in [2.05, 4.69) is 10.0 Å². The minimum Gasteiger partial charge on any atom is -0.452 e. The Kier molecular flexibility index (Phi) is 8.37. The molecule has 2 N–H and O–H groups in total. The zero-order valence-corrected chi connectivity index (χ0v) is 19.3. The third kappa shape index (κ3) is 7.41. The third-order valence-electron chi connectivity index (χ3n) is 4.95. The number of hydrogen-bond acceptors (Lipinski definition) is 5. The number of nitrogens with one attached hydrogen (secondary N) is 2. The lowest BCUT2D eigenvalue weighted by molar-refractivity contribution is -0.124. The van der Waals surface area contributed by atoms with Crippen LogP contribution >= 0.6 is 0 Å². The van der Waals surface area contributed by atoms with Crippen LogP contribution in [-0.2, 0) is 26.0 Å². The van der Waals surface area contributed by atoms with Crippen molar-refractivity contribution in [2.45, 2.75) is 30.7 Å². The summed E-state index contributed by atoms with van der Waals surface area (Å²) in [5.41, 5.74) is 1.55. The molecule has 3 rings (SSSR count). The van der Waals surface area contributed by atoms with E-state index in [1.54, 1.807) is 0 Å². The minimum absolute atomic E-state index is 0.0835. The van der Waals surface area contributed by atoms with Crippen LogP contribution in [0.1, 0.15) is 29.3 Å². The molecule has 178 valence electrons. The third-order valence-corrected chi connectivity index (χ3v) is 6.34. The molecule has 0 radical (unpaired) electrons. The van der Waals surface area contributed by atoms with Crippen molar-refractivity contribution in [2.24, 2.45) is 0 Å². The van der Waals surface area contributed by atoms with Gasteiger partial charge in [-0.2, -0.15) is 0 Å². The molecule has 0 bridgehead atoms. The van der Waals surface area contributed by atoms with E-state index in [1.165, 1.54) is 29.8 Å². The Balaban J connectivity index is 1.46. The number of amides is 1. The first-order valence-corrected chi connectivity index (χ1v) is 12.1. The van der Waals surface area contributed by atoms with Crippen LogP contribution in [0.3, 0.4) is 0 Å². The molecule has 0 aliphatic carbocycles. The molecule has 0 saturated carbocycles. The first-order valence-electron chi connectivity index (χ1n) is 10.6. The Labute approximate surface area is 198 Å². The molecule has 1 unspecified atom stereocenters. The summed E-state index contributed by atoms with van der Waals surface area (Å²) in [6.07, 6.45) is 1.57. The predicted octanol–water partition coefficient (Wildman–Crippen LogP) is 3.92. The van der Waals surface area contributed by atoms with Crippen molar-refractivity contribution in [1.29, 1.82) is 0 Å². The van der Waals surface area contributed by atoms with Crippen LogP contribution in [0.5, 0.6) is 0 Å². The van der Waals surface area contributed by atoms with Crippen LogP contribution in [0.2, 0.25) is 0 Å². The van der Waals surface area contributed by atoms with Crippen molar-refractivity contribution in [1.82, 2.24) is 5.32 Å². The molecule has 0 heterocycles. The van der Waals surface area contributed by atoms with Crippen LogP contribution in [0.25, 0.3) is 0 Å². The smallest absolute Gasteiger partial charge is 0.338 e. The zero-order valence-electron chi connectivity index (χ0n) is 18.5. The highest BCUT2D eigenvalue weighted by atomic mass is 32.2. The van der Waals surface area contributed by atoms with Crippen molar-refractivity contribution in [2.75, 3.05) is 11.3 Å². The number of benzene rings is 3. The van der Waals surface area contributed by atoms with E-state index < -0.39 is 34.3 Å². The lowest BCUT2D eigenvalue weighted by atomic mass is 10.1. The van der Waals surface area contributed by atoms with Gasteiger partial charge < -0.3 is 10.1 Å². The summed E-state index contributed by atoms with van der Waals surface area (Å²) >= 11 is 0. The maximum atomic E-state index is 13.0. The number of aryl methyl sites for hydroxylation is 1. The maximum Gasteiger partial charge on any atom is 0.338 e. The number of carbonyl (C=O) groups is 2. The van der Waals surface area contributed by atoms with Crippen molar-refractivity contribution >= 4 is 27.6 Å². The standard InChI is InChI=1S/C25H25FN2O5S/c1-18(7-8-19-5-3-2-4-6-19)27-24(29)17-33-25(30)20-9-13-22(14-10-20)28-34(31,32)23-15-11-21(26)12-16-23/h2-6,9-16,18,28H,7-8,17H2,1H3,(H,27,29). The van der Waals surface area contributed by atoms with Crippen molar-refractivity contribution in [3.63, 3.8) is 0 Å². The van der Waals surface area contributed by atoms with E-state index in [0.29, 0.717) is 0 Å². The number of ether oxygens (including phenoxy) is 1. The topological polar surface area (TPSA) is 102 Å². The van der Waals surface area contributed by atoms with Gasteiger partial charge in [0.1, 0.15) is 5.82 Å². The van der Waals surface area contributed by atoms with E-state index in [1.807, 2.05) is 37.3 Å². The quantitative estimate of drug-likeness (QED) is 0.425. The fourth-order valence-electron chi connectivity index (χ4n) is 3.13. The molecule has 0 fully saturated rings. The van der Waals surface area contributed by atoms with Gasteiger partial charge in [-0.1, -0.05) is 30.3 Å². The molecule has 1 amide bonds. The van der Waals surface area contributed by atoms with E-state index >= 15 is 0 Å². The largest absolute Gasteiger partial charge is 0.452 e. The molecule has 0 aliphatic rings. The molecule has 1 atom stereocenters. The SMILES string of the molecule is CC(CCc1ccccc1)NC(=O)COC(=O)c1ccc(NS(=O)(=O)c2ccc(F)cc2)cc1. The highest BCUT2D eigenvalue weighted by Gasteiger charge is 2.16. The van der Waals surface area contributed by atoms with Crippen LogP contribution in [0.15, 0.2) is 83.8 Å². The molecule has 0 spiro atoms. The van der Waals surface area contributed by atoms with E-state index in [0.717, 1.165) is 37.1 Å². The maximum absolute atomic E-state index is 13.0. The lowest BCUT2D eigenvalue weighted by Crippen LogP contribution is -2.36. The van der Waals surface area contributed by atoms with Crippen LogP contribution in [0.4, 0.5) is 10.1 Å². The van der Waals surface area contributed by atoms with Gasteiger partial charge >= 0.3 is 5.97 Å². The molecule has 34 heavy (non-hydrogen) atoms. The van der Waals surface area contributed by atoms with Gasteiger partial charge in [0.15, 0.2) is 6.61 Å². The molecule has 0 aromatic heterocycles. The number of hydrogen-bond donors (Lipinski definition) is 2. The highest BCUT2D eigenvalue weighted by molar-refractivity contribution is 7.92. The van der Waals surface area contributed by atoms with E-state index in [-0.39, 0.29) is 22.2 Å². The zero-order chi connectivity index (χ0) is 24.6. The minimum atomic E-state index is -3.90. The predicted molar refractivity (Wildman–Crippen MR) is 126 cm³/mol. The highest BCUT2D eigenvalue weighted by Crippen LogP contribution is 2.17. The summed E-state index contributed by atoms with van der Waals surface area (Å²) in [5, 5.41) is 2.79. The molecular formula is C25H25FN2O5S. The number of anilines is 1. The van der Waals surface area contributed by atoms with Crippen LogP contribution in [-0.4, -0.2) is 32.9 Å². The van der Waals surface area contributed by atoms with Gasteiger partial charge in [0.05, 0.1) is 10.5 Å². The van der Waals surface area contributed by atoms with Crippen molar-refractivity contribution in [3.8, 4) is 0 Å². The van der Waals surface area contributed by atoms with Gasteiger partial charge in [-0.25, -0.2) is 17.6 Å². The Morgan fingerprint density at radius 2 is 1.59 bits per heavy atom. The average Bonchev–Trinajstić information content (AvgIpc) is 2.82. The monoisotopic (exact) mass is 484 g/mol. The first-order chi connectivity index (χ1) is 16.2. The first kappa shape index (κ1) is 24.9. The second kappa shape index (κ2) is 11.4. The number of rotatable bonds is 10. The normalized spacial score (nSPS) is 11.9. The second-order valence-electron chi connectivity index (χ2n) is 7.71. The molecule has 7 nitrogen and oxygen atoms in total. The molecule has 3 aromatic carbocycles. The fraction of sp³-hybridized carbons (Fsp3) is 0.200. The van der Waals surface area contributed by atoms with E-state index in [9.17, 15) is 22.4 Å². The average molecular weight is 485 g/mol. The Hall–Kier alpha value is -3.72. The van der Waals surface area contributed by atoms with Crippen LogP contribution in [0, 0.1) is 5.82 Å². The Morgan fingerprint density at radius 1 is 0.941 bits per heavy atom. The second-order valence-corrected chi connectivity index (χ2v) is 9.39. The summed E-state index contributed by atoms with van der Waals surface area (Å²) < 4.78 is 45.1. The molecule has 3 aromatic rings. The number of esters is 1. The van der Waals surface area contributed by atoms with Gasteiger partial charge in [-0.05, 0) is 73.9 Å². The number of halogens is 1. The van der Waals surface area contributed by atoms with Gasteiger partial charge in [-0.15, -0.1) is 0 Å². The molecule has 0 aliphatic heterocycles. The van der Waals surface area contributed by atoms with Gasteiger partial charge in [0.25, 0.3) is 15.9 Å². The summed E-state index contributed by atoms with van der Waals surface area (Å²) in [6.45, 7) is 1.46. The molecule has 0 saturated heterocycles. The van der Waals surface area contributed by atoms with Crippen molar-refractivity contribution in [3.05, 3.63) is 95.8 Å². The lowest BCUT2D eigenvalue weighted by Gasteiger charge is -2.14. The molecular weight excluding hydrogens is 459 g/mol. The van der Waals surface area contributed by atoms with Gasteiger partial charge in [0, 0.05) is 11.7 Å². The number of carbonyl (C=O) groups excluding carboxylic acids is 2. The fourth-order valence-corrected chi connectivity index (χ4v) is 4.19. The Bertz CT molecular complexity index is 1210. The van der Waals surface area contributed by atoms with Gasteiger partial charge in [0.2, 0.25) is 0 Å². The summed E-state index contributed by atoms with van der Waals surface area (Å²) in [7, 11) is -3.90. The Morgan fingerprint density at radius 3 is 2.24 bits per heavy atom. The summed E-state index contributed by atoms with van der Waals surface area (Å²) in [6, 6.07) is 19.8. The van der Waals surface area contributed by atoms with E-state index in [4.69, 9.17) is 4.74 Å². The molecule has 9 heteroatoms. The van der Waals surface area contributed by atoms with Crippen LogP contribution < -0.4 is 10.0 Å².